The predicted octanol–water partition coefficient (Wildman–Crippen LogP) is 1.32. The average molecular weight is 489 g/mol. The number of nitrogens with one attached hydrogen (secondary N) is 3. The lowest BCUT2D eigenvalue weighted by molar-refractivity contribution is -0.125. The number of hydrogen-bond donors (Lipinski definition) is 4. The largest absolute Gasteiger partial charge is 0.497 e. The lowest BCUT2D eigenvalue weighted by Gasteiger charge is -2.29. The highest BCUT2D eigenvalue weighted by Crippen LogP contribution is 2.35. The SMILES string of the molecule is COc1ccc2c(c1)C(=O)N(CC1(c3cc4cc(-n5c(O)c[nH]c5=O)ccc4o3)NC(=O)NC1=O)C2. The minimum atomic E-state index is -1.68. The Hall–Kier alpha value is -5.00. The first kappa shape index (κ1) is 21.5. The van der Waals surface area contributed by atoms with Crippen molar-refractivity contribution >= 4 is 28.8 Å². The molecule has 36 heavy (non-hydrogen) atoms. The molecule has 2 aromatic heterocycles. The predicted molar refractivity (Wildman–Crippen MR) is 124 cm³/mol. The summed E-state index contributed by atoms with van der Waals surface area (Å²) in [6.45, 7) is 0.0637. The van der Waals surface area contributed by atoms with Gasteiger partial charge in [-0.3, -0.25) is 14.9 Å². The number of carbonyl (C=O) groups is 3. The number of furan rings is 1. The Morgan fingerprint density at radius 3 is 2.64 bits per heavy atom. The van der Waals surface area contributed by atoms with Crippen molar-refractivity contribution in [3.63, 3.8) is 0 Å². The molecule has 2 aliphatic rings. The van der Waals surface area contributed by atoms with E-state index in [1.807, 2.05) is 0 Å². The minimum Gasteiger partial charge on any atom is -0.497 e. The van der Waals surface area contributed by atoms with E-state index in [-0.39, 0.29) is 30.6 Å². The molecular weight excluding hydrogens is 470 g/mol. The Morgan fingerprint density at radius 1 is 1.11 bits per heavy atom. The van der Waals surface area contributed by atoms with Crippen molar-refractivity contribution in [2.24, 2.45) is 0 Å². The van der Waals surface area contributed by atoms with Crippen LogP contribution in [0.25, 0.3) is 16.7 Å². The first-order chi connectivity index (χ1) is 17.3. The monoisotopic (exact) mass is 489 g/mol. The minimum absolute atomic E-state index is 0.116. The standard InChI is InChI=1S/C24H19N5O7/c1-35-15-4-2-12-10-28(20(31)16(12)8-15)11-24(21(32)26-22(33)27-24)18-7-13-6-14(3-5-17(13)36-18)29-19(30)9-25-23(29)34/h2-9,30H,10-11H2,1H3,(H,25,34)(H2,26,27,32,33). The van der Waals surface area contributed by atoms with Crippen molar-refractivity contribution in [2.75, 3.05) is 13.7 Å². The van der Waals surface area contributed by atoms with Crippen LogP contribution in [0.3, 0.4) is 0 Å². The van der Waals surface area contributed by atoms with Crippen molar-refractivity contribution in [1.82, 2.24) is 25.1 Å². The molecule has 0 bridgehead atoms. The highest BCUT2D eigenvalue weighted by Gasteiger charge is 2.53. The molecule has 1 fully saturated rings. The normalized spacial score (nSPS) is 19.0. The van der Waals surface area contributed by atoms with Crippen molar-refractivity contribution in [2.45, 2.75) is 12.1 Å². The van der Waals surface area contributed by atoms with Gasteiger partial charge in [0.05, 0.1) is 25.5 Å². The van der Waals surface area contributed by atoms with Gasteiger partial charge in [0.15, 0.2) is 5.54 Å². The molecule has 1 unspecified atom stereocenters. The Labute approximate surface area is 202 Å². The fourth-order valence-electron chi connectivity index (χ4n) is 4.72. The summed E-state index contributed by atoms with van der Waals surface area (Å²) in [5, 5.41) is 15.4. The molecule has 4 amide bonds. The number of carbonyl (C=O) groups excluding carboxylic acids is 3. The van der Waals surface area contributed by atoms with Crippen LogP contribution >= 0.6 is 0 Å². The van der Waals surface area contributed by atoms with Crippen molar-refractivity contribution in [3.8, 4) is 17.3 Å². The van der Waals surface area contributed by atoms with E-state index in [9.17, 15) is 24.3 Å². The van der Waals surface area contributed by atoms with Gasteiger partial charge < -0.3 is 29.5 Å². The number of H-pyrrole nitrogens is 1. The Balaban J connectivity index is 1.40. The number of imidazole rings is 1. The average Bonchev–Trinajstić information content (AvgIpc) is 3.59. The van der Waals surface area contributed by atoms with Crippen LogP contribution in [0.2, 0.25) is 0 Å². The summed E-state index contributed by atoms with van der Waals surface area (Å²) in [6, 6.07) is 10.8. The number of rotatable bonds is 5. The number of aromatic hydroxyl groups is 1. The summed E-state index contributed by atoms with van der Waals surface area (Å²) in [7, 11) is 1.51. The fraction of sp³-hybridized carbons (Fsp3) is 0.167. The zero-order valence-corrected chi connectivity index (χ0v) is 18.8. The number of ether oxygens (including phenoxy) is 1. The maximum absolute atomic E-state index is 13.2. The molecule has 4 aromatic rings. The third-order valence-electron chi connectivity index (χ3n) is 6.50. The van der Waals surface area contributed by atoms with Gasteiger partial charge in [-0.15, -0.1) is 0 Å². The second-order valence-electron chi connectivity index (χ2n) is 8.62. The molecule has 2 aliphatic heterocycles. The maximum atomic E-state index is 13.2. The quantitative estimate of drug-likeness (QED) is 0.308. The number of aromatic nitrogens is 2. The Bertz CT molecular complexity index is 1650. The van der Waals surface area contributed by atoms with Crippen molar-refractivity contribution < 1.29 is 28.6 Å². The summed E-state index contributed by atoms with van der Waals surface area (Å²) in [6.07, 6.45) is 1.17. The zero-order valence-electron chi connectivity index (χ0n) is 18.8. The summed E-state index contributed by atoms with van der Waals surface area (Å²) < 4.78 is 12.3. The maximum Gasteiger partial charge on any atom is 0.333 e. The number of methoxy groups -OCH3 is 1. The lowest BCUT2D eigenvalue weighted by atomic mass is 9.95. The molecule has 0 saturated carbocycles. The van der Waals surface area contributed by atoms with Gasteiger partial charge in [0.25, 0.3) is 11.8 Å². The van der Waals surface area contributed by atoms with Gasteiger partial charge in [0, 0.05) is 17.5 Å². The third kappa shape index (κ3) is 3.07. The van der Waals surface area contributed by atoms with Gasteiger partial charge in [-0.25, -0.2) is 14.2 Å². The molecule has 1 atom stereocenters. The topological polar surface area (TPSA) is 159 Å². The molecule has 4 N–H and O–H groups in total. The van der Waals surface area contributed by atoms with Crippen LogP contribution in [-0.4, -0.2) is 51.1 Å². The van der Waals surface area contributed by atoms with Crippen molar-refractivity contribution in [3.05, 3.63) is 76.0 Å². The molecule has 0 radical (unpaired) electrons. The number of fused-ring (bicyclic) bond motifs is 2. The van der Waals surface area contributed by atoms with E-state index in [0.717, 1.165) is 10.1 Å². The summed E-state index contributed by atoms with van der Waals surface area (Å²) >= 11 is 0. The van der Waals surface area contributed by atoms with Crippen LogP contribution in [0.5, 0.6) is 11.6 Å². The highest BCUT2D eigenvalue weighted by molar-refractivity contribution is 6.08. The van der Waals surface area contributed by atoms with E-state index in [1.165, 1.54) is 18.2 Å². The number of nitrogens with zero attached hydrogens (tertiary/aromatic N) is 2. The highest BCUT2D eigenvalue weighted by atomic mass is 16.5. The Morgan fingerprint density at radius 2 is 1.94 bits per heavy atom. The molecule has 1 saturated heterocycles. The fourth-order valence-corrected chi connectivity index (χ4v) is 4.72. The van der Waals surface area contributed by atoms with Gasteiger partial charge in [0.1, 0.15) is 17.1 Å². The van der Waals surface area contributed by atoms with Crippen LogP contribution in [0.4, 0.5) is 4.79 Å². The second kappa shape index (κ2) is 7.50. The number of aromatic amines is 1. The number of urea groups is 1. The molecule has 12 nitrogen and oxygen atoms in total. The molecule has 0 aliphatic carbocycles. The molecule has 2 aromatic carbocycles. The zero-order chi connectivity index (χ0) is 25.2. The van der Waals surface area contributed by atoms with Gasteiger partial charge in [-0.1, -0.05) is 6.07 Å². The van der Waals surface area contributed by atoms with Gasteiger partial charge in [-0.2, -0.15) is 0 Å². The van der Waals surface area contributed by atoms with E-state index in [0.29, 0.717) is 28.0 Å². The van der Waals surface area contributed by atoms with Crippen LogP contribution in [-0.2, 0) is 16.9 Å². The van der Waals surface area contributed by atoms with Crippen LogP contribution < -0.4 is 21.1 Å². The van der Waals surface area contributed by atoms with Crippen LogP contribution in [0, 0.1) is 0 Å². The van der Waals surface area contributed by atoms with Crippen molar-refractivity contribution in [1.29, 1.82) is 0 Å². The Kier molecular flexibility index (Phi) is 4.48. The molecule has 12 heteroatoms. The van der Waals surface area contributed by atoms with Gasteiger partial charge >= 0.3 is 11.7 Å². The first-order valence-corrected chi connectivity index (χ1v) is 10.9. The van der Waals surface area contributed by atoms with Gasteiger partial charge in [-0.05, 0) is 42.0 Å². The summed E-state index contributed by atoms with van der Waals surface area (Å²) in [5.41, 5.74) is -0.229. The molecule has 182 valence electrons. The molecule has 0 spiro atoms. The lowest BCUT2D eigenvalue weighted by Crippen LogP contribution is -2.52. The summed E-state index contributed by atoms with van der Waals surface area (Å²) in [4.78, 5) is 54.4. The number of amides is 4. The number of hydrogen-bond acceptors (Lipinski definition) is 7. The molecular formula is C24H19N5O7. The van der Waals surface area contributed by atoms with E-state index in [4.69, 9.17) is 9.15 Å². The first-order valence-electron chi connectivity index (χ1n) is 10.9. The van der Waals surface area contributed by atoms with Crippen LogP contribution in [0.1, 0.15) is 21.7 Å². The van der Waals surface area contributed by atoms with Gasteiger partial charge in [0.2, 0.25) is 5.88 Å². The number of imide groups is 1. The van der Waals surface area contributed by atoms with E-state index in [1.54, 1.807) is 42.5 Å². The van der Waals surface area contributed by atoms with E-state index >= 15 is 0 Å². The smallest absolute Gasteiger partial charge is 0.333 e. The summed E-state index contributed by atoms with van der Waals surface area (Å²) in [5.74, 6) is -0.590. The third-order valence-corrected chi connectivity index (χ3v) is 6.50. The van der Waals surface area contributed by atoms with E-state index in [2.05, 4.69) is 15.6 Å². The second-order valence-corrected chi connectivity index (χ2v) is 8.62. The number of benzene rings is 2. The van der Waals surface area contributed by atoms with Crippen LogP contribution in [0.15, 0.2) is 57.9 Å². The molecule has 4 heterocycles. The molecule has 6 rings (SSSR count). The van der Waals surface area contributed by atoms with E-state index < -0.39 is 23.2 Å².